The molecular weight excluding hydrogens is 663 g/mol. The van der Waals surface area contributed by atoms with Gasteiger partial charge in [0.2, 0.25) is 0 Å². The highest BCUT2D eigenvalue weighted by atomic mass is 15.2. The van der Waals surface area contributed by atoms with Crippen LogP contribution in [0, 0.1) is 0 Å². The summed E-state index contributed by atoms with van der Waals surface area (Å²) in [5.74, 6) is 0. The minimum absolute atomic E-state index is 0.142. The molecule has 0 saturated carbocycles. The third-order valence-electron chi connectivity index (χ3n) is 12.3. The SMILES string of the molecule is CC1(C)c2ccccc2-c2c(N(c3cccc(-c4ccccc4)c3-c3ccccc3-c3ccccc3)c3cccc4c3C(C)(C)c3ccccc3-4)cccc21. The van der Waals surface area contributed by atoms with Crippen LogP contribution >= 0.6 is 0 Å². The van der Waals surface area contributed by atoms with Crippen molar-refractivity contribution in [3.05, 3.63) is 210 Å². The van der Waals surface area contributed by atoms with Crippen LogP contribution in [0.5, 0.6) is 0 Å². The van der Waals surface area contributed by atoms with Gasteiger partial charge in [-0.25, -0.2) is 0 Å². The van der Waals surface area contributed by atoms with Crippen molar-refractivity contribution < 1.29 is 0 Å². The van der Waals surface area contributed by atoms with Gasteiger partial charge in [-0.15, -0.1) is 0 Å². The van der Waals surface area contributed by atoms with E-state index in [9.17, 15) is 0 Å². The van der Waals surface area contributed by atoms with Crippen LogP contribution in [0.3, 0.4) is 0 Å². The molecule has 0 aromatic heterocycles. The Morgan fingerprint density at radius 2 is 0.727 bits per heavy atom. The summed E-state index contributed by atoms with van der Waals surface area (Å²) in [5, 5.41) is 0. The zero-order valence-corrected chi connectivity index (χ0v) is 31.8. The molecule has 0 amide bonds. The zero-order valence-electron chi connectivity index (χ0n) is 31.8. The maximum atomic E-state index is 2.62. The second kappa shape index (κ2) is 12.6. The molecule has 1 nitrogen and oxygen atoms in total. The van der Waals surface area contributed by atoms with Crippen molar-refractivity contribution in [3.63, 3.8) is 0 Å². The predicted molar refractivity (Wildman–Crippen MR) is 233 cm³/mol. The number of anilines is 3. The molecule has 10 rings (SSSR count). The summed E-state index contributed by atoms with van der Waals surface area (Å²) in [6.45, 7) is 9.56. The van der Waals surface area contributed by atoms with E-state index >= 15 is 0 Å². The van der Waals surface area contributed by atoms with E-state index in [2.05, 4.69) is 221 Å². The number of nitrogens with zero attached hydrogens (tertiary/aromatic N) is 1. The molecule has 264 valence electrons. The fourth-order valence-corrected chi connectivity index (χ4v) is 9.75. The Hall–Kier alpha value is -6.44. The largest absolute Gasteiger partial charge is 0.309 e. The first-order valence-electron chi connectivity index (χ1n) is 19.5. The number of fused-ring (bicyclic) bond motifs is 6. The van der Waals surface area contributed by atoms with Gasteiger partial charge in [0.25, 0.3) is 0 Å². The molecule has 0 bridgehead atoms. The first kappa shape index (κ1) is 33.2. The molecular formula is C54H43N. The van der Waals surface area contributed by atoms with Gasteiger partial charge in [-0.3, -0.25) is 0 Å². The van der Waals surface area contributed by atoms with E-state index in [1.165, 1.54) is 89.3 Å². The van der Waals surface area contributed by atoms with Crippen LogP contribution in [0.4, 0.5) is 17.1 Å². The smallest absolute Gasteiger partial charge is 0.0546 e. The summed E-state index contributed by atoms with van der Waals surface area (Å²) in [6, 6.07) is 69.5. The second-order valence-corrected chi connectivity index (χ2v) is 16.1. The molecule has 0 unspecified atom stereocenters. The Bertz CT molecular complexity index is 2750. The van der Waals surface area contributed by atoms with Crippen LogP contribution in [0.25, 0.3) is 55.6 Å². The highest BCUT2D eigenvalue weighted by Crippen LogP contribution is 2.59. The lowest BCUT2D eigenvalue weighted by molar-refractivity contribution is 0.659. The first-order chi connectivity index (χ1) is 26.9. The zero-order chi connectivity index (χ0) is 37.3. The number of benzene rings is 8. The van der Waals surface area contributed by atoms with Crippen molar-refractivity contribution >= 4 is 17.1 Å². The Morgan fingerprint density at radius 3 is 1.40 bits per heavy atom. The van der Waals surface area contributed by atoms with Gasteiger partial charge < -0.3 is 4.90 Å². The Balaban J connectivity index is 1.36. The lowest BCUT2D eigenvalue weighted by atomic mass is 9.80. The number of rotatable bonds is 6. The minimum Gasteiger partial charge on any atom is -0.309 e. The van der Waals surface area contributed by atoms with Gasteiger partial charge in [-0.05, 0) is 85.0 Å². The predicted octanol–water partition coefficient (Wildman–Crippen LogP) is 14.8. The van der Waals surface area contributed by atoms with Crippen LogP contribution in [0.1, 0.15) is 49.9 Å². The summed E-state index contributed by atoms with van der Waals surface area (Å²) in [6.07, 6.45) is 0. The van der Waals surface area contributed by atoms with Crippen LogP contribution in [-0.4, -0.2) is 0 Å². The molecule has 0 N–H and O–H groups in total. The molecule has 0 spiro atoms. The maximum absolute atomic E-state index is 2.62. The molecule has 0 aliphatic heterocycles. The van der Waals surface area contributed by atoms with E-state index in [0.29, 0.717) is 0 Å². The van der Waals surface area contributed by atoms with Gasteiger partial charge in [-0.2, -0.15) is 0 Å². The maximum Gasteiger partial charge on any atom is 0.0546 e. The quantitative estimate of drug-likeness (QED) is 0.166. The summed E-state index contributed by atoms with van der Waals surface area (Å²) >= 11 is 0. The lowest BCUT2D eigenvalue weighted by Crippen LogP contribution is -2.22. The average Bonchev–Trinajstić information content (AvgIpc) is 3.62. The monoisotopic (exact) mass is 705 g/mol. The molecule has 0 fully saturated rings. The summed E-state index contributed by atoms with van der Waals surface area (Å²) in [5.41, 5.74) is 21.1. The van der Waals surface area contributed by atoms with Gasteiger partial charge in [0.05, 0.1) is 17.1 Å². The van der Waals surface area contributed by atoms with Gasteiger partial charge >= 0.3 is 0 Å². The molecule has 55 heavy (non-hydrogen) atoms. The van der Waals surface area contributed by atoms with Crippen LogP contribution in [-0.2, 0) is 10.8 Å². The van der Waals surface area contributed by atoms with E-state index < -0.39 is 0 Å². The Morgan fingerprint density at radius 1 is 0.291 bits per heavy atom. The van der Waals surface area contributed by atoms with Gasteiger partial charge in [0.15, 0.2) is 0 Å². The van der Waals surface area contributed by atoms with Crippen molar-refractivity contribution in [1.82, 2.24) is 0 Å². The number of hydrogen-bond donors (Lipinski definition) is 0. The Labute approximate surface area is 325 Å². The topological polar surface area (TPSA) is 3.24 Å². The summed E-state index contributed by atoms with van der Waals surface area (Å²) < 4.78 is 0. The molecule has 2 aliphatic carbocycles. The third kappa shape index (κ3) is 5.00. The van der Waals surface area contributed by atoms with Crippen LogP contribution in [0.15, 0.2) is 188 Å². The fourth-order valence-electron chi connectivity index (χ4n) is 9.75. The molecule has 2 aliphatic rings. The van der Waals surface area contributed by atoms with Gasteiger partial charge in [-0.1, -0.05) is 198 Å². The highest BCUT2D eigenvalue weighted by molar-refractivity contribution is 6.05. The van der Waals surface area contributed by atoms with E-state index in [0.717, 1.165) is 5.69 Å². The fraction of sp³-hybridized carbons (Fsp3) is 0.111. The van der Waals surface area contributed by atoms with E-state index in [4.69, 9.17) is 0 Å². The molecule has 1 heteroatoms. The molecule has 0 radical (unpaired) electrons. The Kier molecular flexibility index (Phi) is 7.58. The number of hydrogen-bond acceptors (Lipinski definition) is 1. The molecule has 0 saturated heterocycles. The molecule has 8 aromatic rings. The molecule has 8 aromatic carbocycles. The van der Waals surface area contributed by atoms with E-state index in [-0.39, 0.29) is 10.8 Å². The van der Waals surface area contributed by atoms with E-state index in [1.807, 2.05) is 0 Å². The summed E-state index contributed by atoms with van der Waals surface area (Å²) in [4.78, 5) is 2.62. The van der Waals surface area contributed by atoms with Crippen molar-refractivity contribution in [2.45, 2.75) is 38.5 Å². The van der Waals surface area contributed by atoms with Crippen molar-refractivity contribution in [1.29, 1.82) is 0 Å². The van der Waals surface area contributed by atoms with E-state index in [1.54, 1.807) is 0 Å². The summed E-state index contributed by atoms with van der Waals surface area (Å²) in [7, 11) is 0. The van der Waals surface area contributed by atoms with Crippen molar-refractivity contribution in [2.75, 3.05) is 4.90 Å². The molecule has 0 atom stereocenters. The van der Waals surface area contributed by atoms with Crippen molar-refractivity contribution in [2.24, 2.45) is 0 Å². The van der Waals surface area contributed by atoms with Crippen molar-refractivity contribution in [3.8, 4) is 55.6 Å². The average molecular weight is 706 g/mol. The molecule has 0 heterocycles. The highest BCUT2D eigenvalue weighted by Gasteiger charge is 2.42. The second-order valence-electron chi connectivity index (χ2n) is 16.1. The standard InChI is InChI=1S/C54H43N/c1-53(2)45-31-16-14-27-43(45)51-46(53)32-19-34-48(51)55(49-35-18-29-42-40-25-13-15-30-44(40)54(3,4)52(42)49)47-33-17-28-39(37-22-9-6-10-23-37)50(47)41-26-12-11-24-38(41)36-20-7-5-8-21-36/h5-35H,1-4H3. The first-order valence-corrected chi connectivity index (χ1v) is 19.5. The normalized spacial score (nSPS) is 14.1. The lowest BCUT2D eigenvalue weighted by Gasteiger charge is -2.35. The van der Waals surface area contributed by atoms with Crippen LogP contribution in [0.2, 0.25) is 0 Å². The van der Waals surface area contributed by atoms with Gasteiger partial charge in [0.1, 0.15) is 0 Å². The van der Waals surface area contributed by atoms with Crippen LogP contribution < -0.4 is 4.90 Å². The van der Waals surface area contributed by atoms with Gasteiger partial charge in [0, 0.05) is 22.0 Å². The third-order valence-corrected chi connectivity index (χ3v) is 12.3. The minimum atomic E-state index is -0.227.